The minimum absolute atomic E-state index is 0.328. The predicted octanol–water partition coefficient (Wildman–Crippen LogP) is 4.17. The molecule has 22 heavy (non-hydrogen) atoms. The number of anilines is 2. The maximum Gasteiger partial charge on any atom is 0.323 e. The Morgan fingerprint density at radius 2 is 1.68 bits per heavy atom. The molecule has 2 N–H and O–H groups in total. The van der Waals surface area contributed by atoms with E-state index >= 15 is 0 Å². The van der Waals surface area contributed by atoms with Crippen LogP contribution in [0.25, 0.3) is 5.69 Å². The van der Waals surface area contributed by atoms with E-state index in [9.17, 15) is 4.79 Å². The van der Waals surface area contributed by atoms with Crippen molar-refractivity contribution in [1.29, 1.82) is 0 Å². The third kappa shape index (κ3) is 3.45. The molecule has 0 radical (unpaired) electrons. The van der Waals surface area contributed by atoms with Gasteiger partial charge in [-0.15, -0.1) is 0 Å². The van der Waals surface area contributed by atoms with E-state index in [0.717, 1.165) is 5.69 Å². The lowest BCUT2D eigenvalue weighted by Gasteiger charge is -2.09. The highest BCUT2D eigenvalue weighted by Crippen LogP contribution is 2.15. The number of aromatic nitrogens is 2. The number of pyridine rings is 1. The van der Waals surface area contributed by atoms with Crippen molar-refractivity contribution in [2.75, 3.05) is 10.6 Å². The third-order valence-corrected chi connectivity index (χ3v) is 3.22. The van der Waals surface area contributed by atoms with Gasteiger partial charge >= 0.3 is 6.03 Å². The molecule has 0 aliphatic carbocycles. The van der Waals surface area contributed by atoms with Crippen molar-refractivity contribution >= 4 is 29.0 Å². The topological polar surface area (TPSA) is 59.0 Å². The van der Waals surface area contributed by atoms with Crippen LogP contribution in [0.2, 0.25) is 5.15 Å². The first-order valence-corrected chi connectivity index (χ1v) is 7.01. The number of nitrogens with one attached hydrogen (secondary N) is 2. The van der Waals surface area contributed by atoms with E-state index in [2.05, 4.69) is 15.6 Å². The van der Waals surface area contributed by atoms with Gasteiger partial charge in [-0.3, -0.25) is 0 Å². The Bertz CT molecular complexity index is 769. The Kier molecular flexibility index (Phi) is 4.07. The number of hydrogen-bond donors (Lipinski definition) is 2. The molecule has 0 aliphatic rings. The molecular formula is C16H13ClN4O. The Morgan fingerprint density at radius 3 is 2.36 bits per heavy atom. The Labute approximate surface area is 132 Å². The molecule has 0 unspecified atom stereocenters. The Morgan fingerprint density at radius 1 is 1.00 bits per heavy atom. The van der Waals surface area contributed by atoms with Crippen molar-refractivity contribution in [1.82, 2.24) is 9.55 Å². The van der Waals surface area contributed by atoms with Gasteiger partial charge in [-0.25, -0.2) is 9.78 Å². The summed E-state index contributed by atoms with van der Waals surface area (Å²) in [6, 6.07) is 14.4. The maximum absolute atomic E-state index is 11.9. The van der Waals surface area contributed by atoms with Gasteiger partial charge in [0.05, 0.1) is 0 Å². The molecule has 2 amide bonds. The normalized spacial score (nSPS) is 10.2. The first-order chi connectivity index (χ1) is 10.7. The van der Waals surface area contributed by atoms with Crippen LogP contribution in [-0.4, -0.2) is 15.6 Å². The number of rotatable bonds is 3. The number of halogens is 1. The summed E-state index contributed by atoms with van der Waals surface area (Å²) in [5, 5.41) is 5.78. The molecule has 0 aliphatic heterocycles. The maximum atomic E-state index is 11.9. The largest absolute Gasteiger partial charge is 0.324 e. The summed E-state index contributed by atoms with van der Waals surface area (Å²) in [7, 11) is 0. The van der Waals surface area contributed by atoms with Gasteiger partial charge < -0.3 is 15.2 Å². The molecule has 0 saturated carbocycles. The highest BCUT2D eigenvalue weighted by molar-refractivity contribution is 6.29. The third-order valence-electron chi connectivity index (χ3n) is 3.01. The van der Waals surface area contributed by atoms with Gasteiger partial charge in [-0.1, -0.05) is 11.6 Å². The van der Waals surface area contributed by atoms with E-state index in [1.165, 1.54) is 6.20 Å². The van der Waals surface area contributed by atoms with Crippen LogP contribution in [0.3, 0.4) is 0 Å². The molecule has 3 rings (SSSR count). The molecule has 0 fully saturated rings. The summed E-state index contributed by atoms with van der Waals surface area (Å²) in [5.41, 5.74) is 2.31. The monoisotopic (exact) mass is 312 g/mol. The van der Waals surface area contributed by atoms with Crippen LogP contribution in [-0.2, 0) is 0 Å². The minimum atomic E-state index is -0.337. The molecule has 110 valence electrons. The lowest BCUT2D eigenvalue weighted by atomic mass is 10.3. The molecule has 3 aromatic rings. The van der Waals surface area contributed by atoms with Crippen molar-refractivity contribution < 1.29 is 4.79 Å². The predicted molar refractivity (Wildman–Crippen MR) is 87.7 cm³/mol. The van der Waals surface area contributed by atoms with Crippen molar-refractivity contribution in [3.05, 3.63) is 72.3 Å². The lowest BCUT2D eigenvalue weighted by Crippen LogP contribution is -2.19. The number of nitrogens with zero attached hydrogens (tertiary/aromatic N) is 2. The summed E-state index contributed by atoms with van der Waals surface area (Å²) < 4.78 is 1.99. The number of amides is 2. The second-order valence-corrected chi connectivity index (χ2v) is 4.97. The number of carbonyl (C=O) groups excluding carboxylic acids is 1. The van der Waals surface area contributed by atoms with Crippen LogP contribution >= 0.6 is 11.6 Å². The van der Waals surface area contributed by atoms with Crippen LogP contribution in [0, 0.1) is 0 Å². The van der Waals surface area contributed by atoms with Crippen LogP contribution in [0.4, 0.5) is 16.2 Å². The Hall–Kier alpha value is -2.79. The summed E-state index contributed by atoms with van der Waals surface area (Å²) in [6.07, 6.45) is 5.45. The highest BCUT2D eigenvalue weighted by Gasteiger charge is 2.04. The molecule has 0 saturated heterocycles. The van der Waals surface area contributed by atoms with Crippen molar-refractivity contribution in [3.63, 3.8) is 0 Å². The first-order valence-electron chi connectivity index (χ1n) is 6.64. The number of carbonyl (C=O) groups is 1. The van der Waals surface area contributed by atoms with Crippen LogP contribution < -0.4 is 10.6 Å². The van der Waals surface area contributed by atoms with Crippen LogP contribution in [0.1, 0.15) is 0 Å². The van der Waals surface area contributed by atoms with E-state index in [1.54, 1.807) is 12.1 Å². The highest BCUT2D eigenvalue weighted by atomic mass is 35.5. The Balaban J connectivity index is 1.64. The number of urea groups is 1. The molecule has 1 aromatic carbocycles. The zero-order valence-corrected chi connectivity index (χ0v) is 12.3. The fourth-order valence-corrected chi connectivity index (χ4v) is 2.17. The van der Waals surface area contributed by atoms with Gasteiger partial charge in [0.2, 0.25) is 0 Å². The van der Waals surface area contributed by atoms with Crippen molar-refractivity contribution in [3.8, 4) is 5.69 Å². The number of hydrogen-bond acceptors (Lipinski definition) is 2. The van der Waals surface area contributed by atoms with Crippen molar-refractivity contribution in [2.24, 2.45) is 0 Å². The number of benzene rings is 1. The van der Waals surface area contributed by atoms with Crippen LogP contribution in [0.5, 0.6) is 0 Å². The molecular weight excluding hydrogens is 300 g/mol. The molecule has 5 nitrogen and oxygen atoms in total. The van der Waals surface area contributed by atoms with Crippen LogP contribution in [0.15, 0.2) is 67.1 Å². The summed E-state index contributed by atoms with van der Waals surface area (Å²) in [4.78, 5) is 15.8. The molecule has 0 atom stereocenters. The van der Waals surface area contributed by atoms with Gasteiger partial charge in [0.1, 0.15) is 5.15 Å². The molecule has 0 bridgehead atoms. The zero-order valence-electron chi connectivity index (χ0n) is 11.5. The van der Waals surface area contributed by atoms with Gasteiger partial charge in [-0.2, -0.15) is 0 Å². The standard InChI is InChI=1S/C16H13ClN4O/c17-15-11-13(7-8-18-15)20-16(22)19-12-3-5-14(6-4-12)21-9-1-2-10-21/h1-11H,(H2,18,19,20,22). The van der Waals surface area contributed by atoms with E-state index in [1.807, 2.05) is 53.4 Å². The second kappa shape index (κ2) is 6.32. The van der Waals surface area contributed by atoms with Gasteiger partial charge in [0, 0.05) is 35.7 Å². The average molecular weight is 313 g/mol. The quantitative estimate of drug-likeness (QED) is 0.713. The summed E-state index contributed by atoms with van der Waals surface area (Å²) in [5.74, 6) is 0. The molecule has 0 spiro atoms. The second-order valence-electron chi connectivity index (χ2n) is 4.58. The zero-order chi connectivity index (χ0) is 15.4. The fraction of sp³-hybridized carbons (Fsp3) is 0. The fourth-order valence-electron chi connectivity index (χ4n) is 2.00. The molecule has 2 heterocycles. The van der Waals surface area contributed by atoms with E-state index < -0.39 is 0 Å². The molecule has 6 heteroatoms. The summed E-state index contributed by atoms with van der Waals surface area (Å²) in [6.45, 7) is 0. The lowest BCUT2D eigenvalue weighted by molar-refractivity contribution is 0.262. The van der Waals surface area contributed by atoms with E-state index in [4.69, 9.17) is 11.6 Å². The SMILES string of the molecule is O=C(Nc1ccc(-n2cccc2)cc1)Nc1ccnc(Cl)c1. The van der Waals surface area contributed by atoms with Crippen molar-refractivity contribution in [2.45, 2.75) is 0 Å². The van der Waals surface area contributed by atoms with E-state index in [-0.39, 0.29) is 6.03 Å². The smallest absolute Gasteiger partial charge is 0.323 e. The van der Waals surface area contributed by atoms with E-state index in [0.29, 0.717) is 16.5 Å². The van der Waals surface area contributed by atoms with Gasteiger partial charge in [-0.05, 0) is 48.5 Å². The first kappa shape index (κ1) is 14.2. The molecule has 2 aromatic heterocycles. The van der Waals surface area contributed by atoms with Gasteiger partial charge in [0.15, 0.2) is 0 Å². The van der Waals surface area contributed by atoms with Gasteiger partial charge in [0.25, 0.3) is 0 Å². The summed E-state index contributed by atoms with van der Waals surface area (Å²) >= 11 is 5.77. The minimum Gasteiger partial charge on any atom is -0.324 e. The average Bonchev–Trinajstić information content (AvgIpc) is 3.02.